The molecule has 2 rings (SSSR count). The molecule has 0 aliphatic heterocycles. The molecular weight excluding hydrogens is 354 g/mol. The van der Waals surface area contributed by atoms with Crippen molar-refractivity contribution in [1.29, 1.82) is 0 Å². The predicted octanol–water partition coefficient (Wildman–Crippen LogP) is 3.46. The van der Waals surface area contributed by atoms with E-state index >= 15 is 0 Å². The first-order valence-electron chi connectivity index (χ1n) is 5.92. The maximum Gasteiger partial charge on any atom is 0.250 e. The fourth-order valence-electron chi connectivity index (χ4n) is 2.17. The topological polar surface area (TPSA) is 46.2 Å². The van der Waals surface area contributed by atoms with Gasteiger partial charge in [-0.2, -0.15) is 11.8 Å². The fraction of sp³-hybridized carbons (Fsp3) is 0.636. The van der Waals surface area contributed by atoms with Gasteiger partial charge in [-0.25, -0.2) is 13.1 Å². The molecule has 18 heavy (non-hydrogen) atoms. The summed E-state index contributed by atoms with van der Waals surface area (Å²) in [5.74, 6) is 1.04. The van der Waals surface area contributed by atoms with Gasteiger partial charge in [0.05, 0.1) is 3.79 Å². The molecule has 1 saturated carbocycles. The number of thioether (sulfide) groups is 1. The van der Waals surface area contributed by atoms with E-state index in [-0.39, 0.29) is 6.04 Å². The molecular formula is C11H16BrNO2S3. The summed E-state index contributed by atoms with van der Waals surface area (Å²) in [5, 5.41) is 0.424. The van der Waals surface area contributed by atoms with Crippen LogP contribution < -0.4 is 4.72 Å². The Labute approximate surface area is 125 Å². The van der Waals surface area contributed by atoms with Crippen LogP contribution in [-0.4, -0.2) is 25.5 Å². The van der Waals surface area contributed by atoms with Crippen LogP contribution in [0.2, 0.25) is 0 Å². The maximum absolute atomic E-state index is 12.2. The summed E-state index contributed by atoms with van der Waals surface area (Å²) in [6, 6.07) is 3.50. The van der Waals surface area contributed by atoms with Crippen LogP contribution in [0, 0.1) is 0 Å². The first-order chi connectivity index (χ1) is 8.53. The Morgan fingerprint density at radius 2 is 2.28 bits per heavy atom. The molecule has 0 spiro atoms. The van der Waals surface area contributed by atoms with Crippen molar-refractivity contribution in [3.05, 3.63) is 15.9 Å². The molecule has 2 unspecified atom stereocenters. The van der Waals surface area contributed by atoms with Gasteiger partial charge in [-0.15, -0.1) is 11.3 Å². The zero-order chi connectivity index (χ0) is 13.2. The smallest absolute Gasteiger partial charge is 0.206 e. The minimum absolute atomic E-state index is 0.0841. The van der Waals surface area contributed by atoms with Crippen LogP contribution >= 0.6 is 39.0 Å². The van der Waals surface area contributed by atoms with E-state index in [9.17, 15) is 8.42 Å². The third-order valence-electron chi connectivity index (χ3n) is 2.95. The summed E-state index contributed by atoms with van der Waals surface area (Å²) in [5.41, 5.74) is 0. The molecule has 102 valence electrons. The van der Waals surface area contributed by atoms with Gasteiger partial charge >= 0.3 is 0 Å². The highest BCUT2D eigenvalue weighted by molar-refractivity contribution is 9.11. The zero-order valence-electron chi connectivity index (χ0n) is 10.1. The van der Waals surface area contributed by atoms with E-state index in [0.29, 0.717) is 9.46 Å². The Balaban J connectivity index is 2.08. The number of rotatable bonds is 5. The Bertz CT molecular complexity index is 500. The summed E-state index contributed by atoms with van der Waals surface area (Å²) >= 11 is 6.40. The van der Waals surface area contributed by atoms with Crippen molar-refractivity contribution in [1.82, 2.24) is 4.72 Å². The molecule has 1 fully saturated rings. The lowest BCUT2D eigenvalue weighted by Gasteiger charge is -2.19. The van der Waals surface area contributed by atoms with E-state index in [1.54, 1.807) is 12.1 Å². The Kier molecular flexibility index (Phi) is 5.16. The summed E-state index contributed by atoms with van der Waals surface area (Å²) < 4.78 is 28.5. The molecule has 7 heteroatoms. The van der Waals surface area contributed by atoms with Crippen LogP contribution in [-0.2, 0) is 10.0 Å². The second-order valence-electron chi connectivity index (χ2n) is 4.21. The number of thiophene rings is 1. The molecule has 1 aliphatic carbocycles. The fourth-order valence-corrected chi connectivity index (χ4v) is 6.80. The van der Waals surface area contributed by atoms with Gasteiger partial charge in [0, 0.05) is 11.3 Å². The van der Waals surface area contributed by atoms with Gasteiger partial charge in [0.25, 0.3) is 0 Å². The first kappa shape index (κ1) is 14.8. The number of nitrogens with one attached hydrogen (secondary N) is 1. The second-order valence-corrected chi connectivity index (χ2v) is 10.1. The third-order valence-corrected chi connectivity index (χ3v) is 7.88. The van der Waals surface area contributed by atoms with Crippen LogP contribution in [0.3, 0.4) is 0 Å². The lowest BCUT2D eigenvalue weighted by atomic mass is 10.3. The number of halogens is 1. The van der Waals surface area contributed by atoms with Gasteiger partial charge in [-0.05, 0) is 46.7 Å². The molecule has 2 atom stereocenters. The van der Waals surface area contributed by atoms with Crippen molar-refractivity contribution in [2.45, 2.75) is 41.7 Å². The highest BCUT2D eigenvalue weighted by Crippen LogP contribution is 2.32. The number of hydrogen-bond acceptors (Lipinski definition) is 4. The van der Waals surface area contributed by atoms with Crippen LogP contribution in [0.1, 0.15) is 26.2 Å². The molecule has 0 bridgehead atoms. The van der Waals surface area contributed by atoms with Crippen molar-refractivity contribution >= 4 is 49.1 Å². The Morgan fingerprint density at radius 1 is 1.50 bits per heavy atom. The number of sulfonamides is 1. The summed E-state index contributed by atoms with van der Waals surface area (Å²) in [7, 11) is -3.35. The predicted molar refractivity (Wildman–Crippen MR) is 81.9 cm³/mol. The average molecular weight is 370 g/mol. The summed E-state index contributed by atoms with van der Waals surface area (Å²) in [6.45, 7) is 2.12. The van der Waals surface area contributed by atoms with Gasteiger partial charge in [-0.1, -0.05) is 13.3 Å². The van der Waals surface area contributed by atoms with Crippen LogP contribution in [0.15, 0.2) is 20.1 Å². The molecule has 0 radical (unpaired) electrons. The Morgan fingerprint density at radius 3 is 2.89 bits per heavy atom. The molecule has 1 aliphatic rings. The largest absolute Gasteiger partial charge is 0.250 e. The van der Waals surface area contributed by atoms with Crippen molar-refractivity contribution < 1.29 is 8.42 Å². The summed E-state index contributed by atoms with van der Waals surface area (Å²) in [4.78, 5) is 0. The van der Waals surface area contributed by atoms with E-state index in [1.807, 2.05) is 11.8 Å². The van der Waals surface area contributed by atoms with E-state index in [4.69, 9.17) is 0 Å². The van der Waals surface area contributed by atoms with E-state index in [2.05, 4.69) is 27.6 Å². The molecule has 1 aromatic heterocycles. The molecule has 1 N–H and O–H groups in total. The van der Waals surface area contributed by atoms with Gasteiger partial charge in [-0.3, -0.25) is 0 Å². The Hall–Kier alpha value is 0.440. The summed E-state index contributed by atoms with van der Waals surface area (Å²) in [6.07, 6.45) is 3.17. The highest BCUT2D eigenvalue weighted by Gasteiger charge is 2.31. The highest BCUT2D eigenvalue weighted by atomic mass is 79.9. The SMILES string of the molecule is CCSC1CCCC1NS(=O)(=O)c1ccc(Br)s1. The molecule has 0 aromatic carbocycles. The molecule has 1 heterocycles. The van der Waals surface area contributed by atoms with Crippen molar-refractivity contribution in [2.24, 2.45) is 0 Å². The van der Waals surface area contributed by atoms with Gasteiger partial charge in [0.2, 0.25) is 10.0 Å². The second kappa shape index (κ2) is 6.26. The van der Waals surface area contributed by atoms with Gasteiger partial charge in [0.1, 0.15) is 4.21 Å². The number of hydrogen-bond donors (Lipinski definition) is 1. The maximum atomic E-state index is 12.2. The molecule has 0 saturated heterocycles. The van der Waals surface area contributed by atoms with E-state index in [1.165, 1.54) is 11.3 Å². The third kappa shape index (κ3) is 3.50. The quantitative estimate of drug-likeness (QED) is 0.864. The minimum Gasteiger partial charge on any atom is -0.206 e. The first-order valence-corrected chi connectivity index (χ1v) is 10.1. The van der Waals surface area contributed by atoms with E-state index < -0.39 is 10.0 Å². The average Bonchev–Trinajstić information content (AvgIpc) is 2.89. The standard InChI is InChI=1S/C11H16BrNO2S3/c1-2-16-9-5-3-4-8(9)13-18(14,15)11-7-6-10(12)17-11/h6-9,13H,2-5H2,1H3. The zero-order valence-corrected chi connectivity index (χ0v) is 14.1. The van der Waals surface area contributed by atoms with Crippen LogP contribution in [0.5, 0.6) is 0 Å². The van der Waals surface area contributed by atoms with Crippen LogP contribution in [0.4, 0.5) is 0 Å². The van der Waals surface area contributed by atoms with Crippen LogP contribution in [0.25, 0.3) is 0 Å². The molecule has 3 nitrogen and oxygen atoms in total. The molecule has 1 aromatic rings. The van der Waals surface area contributed by atoms with Crippen molar-refractivity contribution in [3.63, 3.8) is 0 Å². The normalized spacial score (nSPS) is 24.6. The minimum atomic E-state index is -3.35. The van der Waals surface area contributed by atoms with E-state index in [0.717, 1.165) is 28.8 Å². The van der Waals surface area contributed by atoms with Crippen molar-refractivity contribution in [2.75, 3.05) is 5.75 Å². The van der Waals surface area contributed by atoms with Gasteiger partial charge in [0.15, 0.2) is 0 Å². The van der Waals surface area contributed by atoms with Crippen molar-refractivity contribution in [3.8, 4) is 0 Å². The lowest BCUT2D eigenvalue weighted by Crippen LogP contribution is -2.38. The lowest BCUT2D eigenvalue weighted by molar-refractivity contribution is 0.557. The monoisotopic (exact) mass is 369 g/mol. The van der Waals surface area contributed by atoms with Gasteiger partial charge < -0.3 is 0 Å². The molecule has 0 amide bonds.